The summed E-state index contributed by atoms with van der Waals surface area (Å²) in [6.07, 6.45) is 8.69. The highest BCUT2D eigenvalue weighted by Crippen LogP contribution is 2.40. The van der Waals surface area contributed by atoms with Crippen molar-refractivity contribution in [3.63, 3.8) is 0 Å². The highest BCUT2D eigenvalue weighted by molar-refractivity contribution is 6.39. The Hall–Kier alpha value is -2.48. The average Bonchev–Trinajstić information content (AvgIpc) is 3.32. The lowest BCUT2D eigenvalue weighted by Gasteiger charge is -2.16. The molecule has 0 saturated carbocycles. The number of unbranched alkanes of at least 4 members (excludes halogenated alkanes) is 2. The predicted octanol–water partition coefficient (Wildman–Crippen LogP) is 5.89. The molecule has 33 heavy (non-hydrogen) atoms. The van der Waals surface area contributed by atoms with Gasteiger partial charge in [0.15, 0.2) is 11.3 Å². The maximum absolute atomic E-state index is 12.4. The summed E-state index contributed by atoms with van der Waals surface area (Å²) in [6, 6.07) is 4.93. The molecule has 1 N–H and O–H groups in total. The normalized spacial score (nSPS) is 14.0. The average molecular weight is 492 g/mol. The number of likely N-dealkylation sites (tertiary alicyclic amines) is 1. The number of benzene rings is 1. The Morgan fingerprint density at radius 2 is 1.88 bits per heavy atom. The summed E-state index contributed by atoms with van der Waals surface area (Å²) in [7, 11) is 1.56. The van der Waals surface area contributed by atoms with Crippen LogP contribution in [0.2, 0.25) is 10.0 Å². The van der Waals surface area contributed by atoms with E-state index in [1.54, 1.807) is 19.2 Å². The number of hydrogen-bond acceptors (Lipinski definition) is 7. The van der Waals surface area contributed by atoms with Crippen LogP contribution in [0.3, 0.4) is 0 Å². The standard InChI is InChI=1S/C24H27Cl2N3O4/c1-31-20-8-7-16-19(28-22-17(25)14-27-15-18(22)26)13-21(30)33-23(16)24(20)32-12-6-2-3-9-29-10-4-5-11-29/h7-8,13-15H,2-6,9-12H2,1H3,(H,27,28). The Balaban J connectivity index is 1.52. The minimum atomic E-state index is -0.532. The zero-order valence-electron chi connectivity index (χ0n) is 18.5. The van der Waals surface area contributed by atoms with Crippen LogP contribution in [0.25, 0.3) is 11.0 Å². The summed E-state index contributed by atoms with van der Waals surface area (Å²) in [5.74, 6) is 0.905. The topological polar surface area (TPSA) is 76.8 Å². The number of fused-ring (bicyclic) bond motifs is 1. The van der Waals surface area contributed by atoms with E-state index < -0.39 is 5.63 Å². The Kier molecular flexibility index (Phi) is 7.96. The van der Waals surface area contributed by atoms with E-state index in [9.17, 15) is 4.79 Å². The number of hydrogen-bond donors (Lipinski definition) is 1. The predicted molar refractivity (Wildman–Crippen MR) is 132 cm³/mol. The Labute approximate surface area is 202 Å². The van der Waals surface area contributed by atoms with Crippen LogP contribution in [-0.4, -0.2) is 43.2 Å². The van der Waals surface area contributed by atoms with Gasteiger partial charge in [0.05, 0.1) is 35.1 Å². The van der Waals surface area contributed by atoms with Gasteiger partial charge in [0.25, 0.3) is 0 Å². The first-order valence-corrected chi connectivity index (χ1v) is 11.9. The van der Waals surface area contributed by atoms with E-state index in [4.69, 9.17) is 37.1 Å². The maximum Gasteiger partial charge on any atom is 0.338 e. The molecule has 176 valence electrons. The number of pyridine rings is 1. The highest BCUT2D eigenvalue weighted by atomic mass is 35.5. The smallest absolute Gasteiger partial charge is 0.338 e. The van der Waals surface area contributed by atoms with Gasteiger partial charge >= 0.3 is 5.63 Å². The van der Waals surface area contributed by atoms with Gasteiger partial charge < -0.3 is 24.1 Å². The van der Waals surface area contributed by atoms with Crippen LogP contribution >= 0.6 is 23.2 Å². The Morgan fingerprint density at radius 3 is 2.61 bits per heavy atom. The number of nitrogens with one attached hydrogen (secondary N) is 1. The first kappa shape index (κ1) is 23.7. The van der Waals surface area contributed by atoms with E-state index in [1.165, 1.54) is 44.4 Å². The molecule has 9 heteroatoms. The summed E-state index contributed by atoms with van der Waals surface area (Å²) < 4.78 is 17.1. The van der Waals surface area contributed by atoms with Crippen LogP contribution in [-0.2, 0) is 0 Å². The molecule has 0 atom stereocenters. The summed E-state index contributed by atoms with van der Waals surface area (Å²) in [5, 5.41) is 4.45. The summed E-state index contributed by atoms with van der Waals surface area (Å²) >= 11 is 12.5. The second-order valence-electron chi connectivity index (χ2n) is 8.01. The first-order chi connectivity index (χ1) is 16.1. The minimum absolute atomic E-state index is 0.308. The quantitative estimate of drug-likeness (QED) is 0.279. The van der Waals surface area contributed by atoms with Crippen molar-refractivity contribution >= 4 is 45.5 Å². The van der Waals surface area contributed by atoms with Gasteiger partial charge in [-0.3, -0.25) is 4.98 Å². The lowest BCUT2D eigenvalue weighted by atomic mass is 10.1. The molecule has 1 aromatic carbocycles. The minimum Gasteiger partial charge on any atom is -0.493 e. The summed E-state index contributed by atoms with van der Waals surface area (Å²) in [5.41, 5.74) is 0.726. The zero-order valence-corrected chi connectivity index (χ0v) is 20.0. The van der Waals surface area contributed by atoms with Gasteiger partial charge in [0.1, 0.15) is 0 Å². The van der Waals surface area contributed by atoms with E-state index in [-0.39, 0.29) is 0 Å². The highest BCUT2D eigenvalue weighted by Gasteiger charge is 2.18. The fourth-order valence-electron chi connectivity index (χ4n) is 4.04. The zero-order chi connectivity index (χ0) is 23.2. The van der Waals surface area contributed by atoms with Crippen molar-refractivity contribution < 1.29 is 13.9 Å². The third kappa shape index (κ3) is 5.72. The molecule has 1 fully saturated rings. The van der Waals surface area contributed by atoms with Crippen molar-refractivity contribution in [3.05, 3.63) is 51.1 Å². The van der Waals surface area contributed by atoms with Crippen molar-refractivity contribution in [3.8, 4) is 11.5 Å². The molecule has 3 heterocycles. The molecular weight excluding hydrogens is 465 g/mol. The third-order valence-electron chi connectivity index (χ3n) is 5.73. The van der Waals surface area contributed by atoms with Crippen LogP contribution in [0.5, 0.6) is 11.5 Å². The number of anilines is 2. The second-order valence-corrected chi connectivity index (χ2v) is 8.83. The molecule has 0 amide bonds. The largest absolute Gasteiger partial charge is 0.493 e. The number of aromatic nitrogens is 1. The van der Waals surface area contributed by atoms with Crippen molar-refractivity contribution in [1.82, 2.24) is 9.88 Å². The van der Waals surface area contributed by atoms with Gasteiger partial charge in [0, 0.05) is 23.8 Å². The summed E-state index contributed by atoms with van der Waals surface area (Å²) in [4.78, 5) is 18.8. The van der Waals surface area contributed by atoms with Crippen LogP contribution in [0.15, 0.2) is 39.8 Å². The number of halogens is 2. The molecule has 0 aliphatic carbocycles. The number of ether oxygens (including phenoxy) is 2. The SMILES string of the molecule is COc1ccc2c(Nc3c(Cl)cncc3Cl)cc(=O)oc2c1OCCCCCN1CCCC1. The lowest BCUT2D eigenvalue weighted by Crippen LogP contribution is -2.20. The molecule has 7 nitrogen and oxygen atoms in total. The fraction of sp³-hybridized carbons (Fsp3) is 0.417. The molecule has 0 unspecified atom stereocenters. The van der Waals surface area contributed by atoms with E-state index >= 15 is 0 Å². The Morgan fingerprint density at radius 1 is 1.12 bits per heavy atom. The van der Waals surface area contributed by atoms with Crippen molar-refractivity contribution in [2.75, 3.05) is 38.7 Å². The molecule has 1 aliphatic heterocycles. The molecule has 4 rings (SSSR count). The molecule has 0 bridgehead atoms. The van der Waals surface area contributed by atoms with E-state index in [0.29, 0.717) is 50.5 Å². The third-order valence-corrected chi connectivity index (χ3v) is 6.30. The second kappa shape index (κ2) is 11.1. The van der Waals surface area contributed by atoms with Gasteiger partial charge in [-0.05, 0) is 63.9 Å². The monoisotopic (exact) mass is 491 g/mol. The molecule has 1 saturated heterocycles. The van der Waals surface area contributed by atoms with Crippen LogP contribution < -0.4 is 20.4 Å². The van der Waals surface area contributed by atoms with Crippen LogP contribution in [0.4, 0.5) is 11.4 Å². The number of methoxy groups -OCH3 is 1. The van der Waals surface area contributed by atoms with Crippen LogP contribution in [0, 0.1) is 0 Å². The first-order valence-electron chi connectivity index (χ1n) is 11.1. The molecule has 0 radical (unpaired) electrons. The van der Waals surface area contributed by atoms with Gasteiger partial charge in [-0.15, -0.1) is 0 Å². The number of rotatable bonds is 10. The molecule has 1 aliphatic rings. The lowest BCUT2D eigenvalue weighted by molar-refractivity contribution is 0.276. The van der Waals surface area contributed by atoms with Gasteiger partial charge in [-0.2, -0.15) is 0 Å². The van der Waals surface area contributed by atoms with E-state index in [1.807, 2.05) is 0 Å². The Bertz CT molecular complexity index is 1140. The van der Waals surface area contributed by atoms with Crippen molar-refractivity contribution in [2.45, 2.75) is 32.1 Å². The number of nitrogens with zero attached hydrogens (tertiary/aromatic N) is 2. The van der Waals surface area contributed by atoms with E-state index in [2.05, 4.69) is 15.2 Å². The molecular formula is C24H27Cl2N3O4. The van der Waals surface area contributed by atoms with Crippen molar-refractivity contribution in [1.29, 1.82) is 0 Å². The van der Waals surface area contributed by atoms with Gasteiger partial charge in [0.2, 0.25) is 5.75 Å². The van der Waals surface area contributed by atoms with Crippen molar-refractivity contribution in [2.24, 2.45) is 0 Å². The van der Waals surface area contributed by atoms with Crippen LogP contribution in [0.1, 0.15) is 32.1 Å². The van der Waals surface area contributed by atoms with Gasteiger partial charge in [-0.25, -0.2) is 4.79 Å². The fourth-order valence-corrected chi connectivity index (χ4v) is 4.50. The molecule has 0 spiro atoms. The molecule has 3 aromatic rings. The molecule has 2 aromatic heterocycles. The van der Waals surface area contributed by atoms with E-state index in [0.717, 1.165) is 25.8 Å². The maximum atomic E-state index is 12.4. The summed E-state index contributed by atoms with van der Waals surface area (Å²) in [6.45, 7) is 4.07. The van der Waals surface area contributed by atoms with Gasteiger partial charge in [-0.1, -0.05) is 23.2 Å².